The van der Waals surface area contributed by atoms with Crippen molar-refractivity contribution in [3.05, 3.63) is 12.2 Å². The number of methoxy groups -OCH3 is 2. The number of rotatable bonds is 8. The SMILES string of the molecule is COC/C=C\CO[C@@H]1O[C@H](C(=O)OC)C[C@H](OC(C)=O)[C@H]1OC(C)=O. The van der Waals surface area contributed by atoms with Crippen molar-refractivity contribution in [2.24, 2.45) is 0 Å². The van der Waals surface area contributed by atoms with Crippen molar-refractivity contribution in [1.82, 2.24) is 0 Å². The minimum atomic E-state index is -1.10. The normalized spacial score (nSPS) is 26.2. The summed E-state index contributed by atoms with van der Waals surface area (Å²) < 4.78 is 31.0. The first-order valence-electron chi connectivity index (χ1n) is 7.72. The predicted molar refractivity (Wildman–Crippen MR) is 83.4 cm³/mol. The fourth-order valence-electron chi connectivity index (χ4n) is 2.27. The van der Waals surface area contributed by atoms with E-state index in [0.29, 0.717) is 6.61 Å². The minimum absolute atomic E-state index is 0.0103. The van der Waals surface area contributed by atoms with Crippen LogP contribution in [0.4, 0.5) is 0 Å². The molecule has 142 valence electrons. The van der Waals surface area contributed by atoms with Crippen molar-refractivity contribution < 1.29 is 42.8 Å². The standard InChI is InChI=1S/C16H24O9/c1-10(17)23-12-9-13(15(19)21-4)25-16(14(12)24-11(2)18)22-8-6-5-7-20-3/h5-6,12-14,16H,7-9H2,1-4H3/b6-5-/t12-,13-,14+,16+/m0/s1. The maximum Gasteiger partial charge on any atom is 0.335 e. The molecule has 0 bridgehead atoms. The molecule has 1 aliphatic heterocycles. The van der Waals surface area contributed by atoms with Crippen LogP contribution in [-0.4, -0.2) is 69.9 Å². The quantitative estimate of drug-likeness (QED) is 0.344. The molecule has 9 nitrogen and oxygen atoms in total. The molecule has 0 spiro atoms. The van der Waals surface area contributed by atoms with Gasteiger partial charge in [0.1, 0.15) is 6.10 Å². The van der Waals surface area contributed by atoms with Crippen LogP contribution < -0.4 is 0 Å². The third kappa shape index (κ3) is 7.20. The van der Waals surface area contributed by atoms with Gasteiger partial charge in [0, 0.05) is 27.4 Å². The molecule has 1 fully saturated rings. The smallest absolute Gasteiger partial charge is 0.335 e. The van der Waals surface area contributed by atoms with E-state index in [0.717, 1.165) is 0 Å². The molecule has 1 rings (SSSR count). The molecule has 0 aromatic heterocycles. The van der Waals surface area contributed by atoms with Gasteiger partial charge >= 0.3 is 17.9 Å². The molecule has 0 aliphatic carbocycles. The van der Waals surface area contributed by atoms with Gasteiger partial charge < -0.3 is 28.4 Å². The lowest BCUT2D eigenvalue weighted by Gasteiger charge is -2.38. The van der Waals surface area contributed by atoms with Crippen molar-refractivity contribution >= 4 is 17.9 Å². The molecule has 0 radical (unpaired) electrons. The van der Waals surface area contributed by atoms with E-state index < -0.39 is 42.5 Å². The highest BCUT2D eigenvalue weighted by molar-refractivity contribution is 5.75. The lowest BCUT2D eigenvalue weighted by atomic mass is 10.0. The summed E-state index contributed by atoms with van der Waals surface area (Å²) >= 11 is 0. The molecule has 1 heterocycles. The maximum absolute atomic E-state index is 11.8. The summed E-state index contributed by atoms with van der Waals surface area (Å²) in [6.07, 6.45) is -0.604. The van der Waals surface area contributed by atoms with Crippen LogP contribution in [0.2, 0.25) is 0 Å². The highest BCUT2D eigenvalue weighted by Gasteiger charge is 2.46. The third-order valence-electron chi connectivity index (χ3n) is 3.25. The van der Waals surface area contributed by atoms with Crippen LogP contribution in [-0.2, 0) is 42.8 Å². The number of hydrogen-bond acceptors (Lipinski definition) is 9. The van der Waals surface area contributed by atoms with Gasteiger partial charge in [0.2, 0.25) is 0 Å². The zero-order valence-electron chi connectivity index (χ0n) is 14.8. The van der Waals surface area contributed by atoms with Gasteiger partial charge in [-0.1, -0.05) is 12.2 Å². The third-order valence-corrected chi connectivity index (χ3v) is 3.25. The van der Waals surface area contributed by atoms with Crippen molar-refractivity contribution in [2.45, 2.75) is 44.9 Å². The van der Waals surface area contributed by atoms with Crippen LogP contribution in [0, 0.1) is 0 Å². The Morgan fingerprint density at radius 1 is 1.04 bits per heavy atom. The van der Waals surface area contributed by atoms with E-state index in [1.807, 2.05) is 0 Å². The molecule has 0 unspecified atom stereocenters. The van der Waals surface area contributed by atoms with E-state index in [2.05, 4.69) is 4.74 Å². The number of carbonyl (C=O) groups excluding carboxylic acids is 3. The lowest BCUT2D eigenvalue weighted by molar-refractivity contribution is -0.271. The molecule has 1 saturated heterocycles. The Labute approximate surface area is 146 Å². The fraction of sp³-hybridized carbons (Fsp3) is 0.688. The second kappa shape index (κ2) is 10.8. The summed E-state index contributed by atoms with van der Waals surface area (Å²) in [5.41, 5.74) is 0. The van der Waals surface area contributed by atoms with E-state index in [-0.39, 0.29) is 13.0 Å². The van der Waals surface area contributed by atoms with E-state index in [1.165, 1.54) is 21.0 Å². The number of hydrogen-bond donors (Lipinski definition) is 0. The Morgan fingerprint density at radius 2 is 1.68 bits per heavy atom. The molecule has 25 heavy (non-hydrogen) atoms. The number of ether oxygens (including phenoxy) is 6. The lowest BCUT2D eigenvalue weighted by Crippen LogP contribution is -2.54. The van der Waals surface area contributed by atoms with Gasteiger partial charge in [0.25, 0.3) is 0 Å². The Morgan fingerprint density at radius 3 is 2.24 bits per heavy atom. The Kier molecular flexibility index (Phi) is 9.11. The summed E-state index contributed by atoms with van der Waals surface area (Å²) in [6, 6.07) is 0. The van der Waals surface area contributed by atoms with E-state index in [1.54, 1.807) is 19.3 Å². The summed E-state index contributed by atoms with van der Waals surface area (Å²) in [5.74, 6) is -1.81. The summed E-state index contributed by atoms with van der Waals surface area (Å²) in [7, 11) is 2.77. The zero-order chi connectivity index (χ0) is 18.8. The van der Waals surface area contributed by atoms with Crippen LogP contribution in [0.15, 0.2) is 12.2 Å². The monoisotopic (exact) mass is 360 g/mol. The van der Waals surface area contributed by atoms with Crippen molar-refractivity contribution in [2.75, 3.05) is 27.4 Å². The second-order valence-corrected chi connectivity index (χ2v) is 5.23. The second-order valence-electron chi connectivity index (χ2n) is 5.23. The topological polar surface area (TPSA) is 107 Å². The van der Waals surface area contributed by atoms with Crippen LogP contribution in [0.5, 0.6) is 0 Å². The molecule has 0 aromatic rings. The molecule has 0 N–H and O–H groups in total. The van der Waals surface area contributed by atoms with Crippen LogP contribution in [0.1, 0.15) is 20.3 Å². The van der Waals surface area contributed by atoms with Crippen LogP contribution >= 0.6 is 0 Å². The molecule has 1 aliphatic rings. The van der Waals surface area contributed by atoms with E-state index in [9.17, 15) is 14.4 Å². The number of esters is 3. The Balaban J connectivity index is 2.90. The summed E-state index contributed by atoms with van der Waals surface area (Å²) in [5, 5.41) is 0. The molecule has 0 amide bonds. The molecular formula is C16H24O9. The average molecular weight is 360 g/mol. The minimum Gasteiger partial charge on any atom is -0.467 e. The van der Waals surface area contributed by atoms with Crippen molar-refractivity contribution in [1.29, 1.82) is 0 Å². The van der Waals surface area contributed by atoms with Gasteiger partial charge in [0.05, 0.1) is 20.3 Å². The first-order chi connectivity index (χ1) is 11.9. The molecule has 9 heteroatoms. The predicted octanol–water partition coefficient (Wildman–Crippen LogP) is 0.357. The zero-order valence-corrected chi connectivity index (χ0v) is 14.8. The molecule has 0 saturated carbocycles. The van der Waals surface area contributed by atoms with Crippen LogP contribution in [0.25, 0.3) is 0 Å². The number of carbonyl (C=O) groups is 3. The first kappa shape index (κ1) is 21.1. The Bertz CT molecular complexity index is 488. The van der Waals surface area contributed by atoms with Gasteiger partial charge in [-0.15, -0.1) is 0 Å². The van der Waals surface area contributed by atoms with E-state index >= 15 is 0 Å². The largest absolute Gasteiger partial charge is 0.467 e. The average Bonchev–Trinajstić information content (AvgIpc) is 2.55. The molecule has 4 atom stereocenters. The van der Waals surface area contributed by atoms with Crippen molar-refractivity contribution in [3.8, 4) is 0 Å². The van der Waals surface area contributed by atoms with Gasteiger partial charge in [-0.3, -0.25) is 9.59 Å². The van der Waals surface area contributed by atoms with Gasteiger partial charge in [-0.25, -0.2) is 4.79 Å². The van der Waals surface area contributed by atoms with Gasteiger partial charge in [0.15, 0.2) is 18.5 Å². The molecule has 0 aromatic carbocycles. The Hall–Kier alpha value is -1.97. The van der Waals surface area contributed by atoms with Gasteiger partial charge in [-0.05, 0) is 0 Å². The first-order valence-corrected chi connectivity index (χ1v) is 7.72. The fourth-order valence-corrected chi connectivity index (χ4v) is 2.27. The van der Waals surface area contributed by atoms with Crippen LogP contribution in [0.3, 0.4) is 0 Å². The summed E-state index contributed by atoms with van der Waals surface area (Å²) in [6.45, 7) is 2.96. The molecular weight excluding hydrogens is 336 g/mol. The summed E-state index contributed by atoms with van der Waals surface area (Å²) in [4.78, 5) is 34.5. The van der Waals surface area contributed by atoms with Crippen molar-refractivity contribution in [3.63, 3.8) is 0 Å². The highest BCUT2D eigenvalue weighted by Crippen LogP contribution is 2.27. The maximum atomic E-state index is 11.8. The van der Waals surface area contributed by atoms with E-state index in [4.69, 9.17) is 23.7 Å². The highest BCUT2D eigenvalue weighted by atomic mass is 16.7. The van der Waals surface area contributed by atoms with Gasteiger partial charge in [-0.2, -0.15) is 0 Å².